The van der Waals surface area contributed by atoms with Gasteiger partial charge in [0.15, 0.2) is 0 Å². The molecule has 0 spiro atoms. The lowest BCUT2D eigenvalue weighted by atomic mass is 10.2. The first-order valence-corrected chi connectivity index (χ1v) is 6.42. The average Bonchev–Trinajstić information content (AvgIpc) is 2.63. The minimum Gasteiger partial charge on any atom is -0.371 e. The molecular formula is C12H16ClN3O. The average molecular weight is 254 g/mol. The molecular weight excluding hydrogens is 238 g/mol. The number of aromatic nitrogens is 2. The lowest BCUT2D eigenvalue weighted by Gasteiger charge is -2.33. The van der Waals surface area contributed by atoms with Gasteiger partial charge in [0.2, 0.25) is 0 Å². The quantitative estimate of drug-likeness (QED) is 0.719. The standard InChI is InChI=1S/C12H16ClN3O/c1-7-11(13)14-8(2)15-12(7)16-5-9-3-4-10(6-16)17-9/h9-10H,3-6H2,1-2H3. The van der Waals surface area contributed by atoms with Crippen LogP contribution in [0.15, 0.2) is 0 Å². The van der Waals surface area contributed by atoms with Crippen molar-refractivity contribution in [2.45, 2.75) is 38.9 Å². The number of nitrogens with zero attached hydrogens (tertiary/aromatic N) is 3. The van der Waals surface area contributed by atoms with Crippen molar-refractivity contribution in [3.63, 3.8) is 0 Å². The Balaban J connectivity index is 1.94. The molecule has 3 heterocycles. The molecule has 0 aromatic carbocycles. The molecule has 1 aromatic heterocycles. The molecule has 2 saturated heterocycles. The summed E-state index contributed by atoms with van der Waals surface area (Å²) in [6, 6.07) is 0. The fourth-order valence-electron chi connectivity index (χ4n) is 2.68. The zero-order valence-corrected chi connectivity index (χ0v) is 10.9. The van der Waals surface area contributed by atoms with Gasteiger partial charge in [0.05, 0.1) is 12.2 Å². The summed E-state index contributed by atoms with van der Waals surface area (Å²) in [6.07, 6.45) is 3.06. The van der Waals surface area contributed by atoms with Crippen LogP contribution in [0.1, 0.15) is 24.2 Å². The van der Waals surface area contributed by atoms with Crippen LogP contribution in [0.25, 0.3) is 0 Å². The molecule has 2 unspecified atom stereocenters. The van der Waals surface area contributed by atoms with Gasteiger partial charge in [-0.1, -0.05) is 11.6 Å². The summed E-state index contributed by atoms with van der Waals surface area (Å²) in [5.41, 5.74) is 0.971. The van der Waals surface area contributed by atoms with Crippen molar-refractivity contribution >= 4 is 17.4 Å². The van der Waals surface area contributed by atoms with E-state index in [9.17, 15) is 0 Å². The van der Waals surface area contributed by atoms with E-state index in [0.29, 0.717) is 17.4 Å². The van der Waals surface area contributed by atoms with Crippen molar-refractivity contribution in [1.82, 2.24) is 9.97 Å². The number of aryl methyl sites for hydroxylation is 1. The predicted octanol–water partition coefficient (Wildman–Crippen LogP) is 2.11. The van der Waals surface area contributed by atoms with E-state index in [0.717, 1.165) is 43.1 Å². The summed E-state index contributed by atoms with van der Waals surface area (Å²) in [5.74, 6) is 1.71. The van der Waals surface area contributed by atoms with Gasteiger partial charge >= 0.3 is 0 Å². The Morgan fingerprint density at radius 2 is 1.82 bits per heavy atom. The second kappa shape index (κ2) is 4.10. The highest BCUT2D eigenvalue weighted by molar-refractivity contribution is 6.30. The lowest BCUT2D eigenvalue weighted by Crippen LogP contribution is -2.43. The lowest BCUT2D eigenvalue weighted by molar-refractivity contribution is 0.0301. The van der Waals surface area contributed by atoms with E-state index in [1.165, 1.54) is 0 Å². The molecule has 0 saturated carbocycles. The molecule has 2 fully saturated rings. The van der Waals surface area contributed by atoms with Crippen LogP contribution in [0.2, 0.25) is 5.15 Å². The van der Waals surface area contributed by atoms with E-state index in [1.54, 1.807) is 0 Å². The van der Waals surface area contributed by atoms with Crippen molar-refractivity contribution in [2.75, 3.05) is 18.0 Å². The van der Waals surface area contributed by atoms with Gasteiger partial charge in [0.25, 0.3) is 0 Å². The first-order valence-electron chi connectivity index (χ1n) is 6.04. The molecule has 5 heteroatoms. The molecule has 0 N–H and O–H groups in total. The van der Waals surface area contributed by atoms with Crippen LogP contribution < -0.4 is 4.90 Å². The van der Waals surface area contributed by atoms with Crippen LogP contribution in [0, 0.1) is 13.8 Å². The van der Waals surface area contributed by atoms with Crippen molar-refractivity contribution in [2.24, 2.45) is 0 Å². The maximum Gasteiger partial charge on any atom is 0.137 e. The summed E-state index contributed by atoms with van der Waals surface area (Å²) >= 11 is 6.12. The number of morpholine rings is 1. The van der Waals surface area contributed by atoms with E-state index in [4.69, 9.17) is 16.3 Å². The predicted molar refractivity (Wildman–Crippen MR) is 66.6 cm³/mol. The van der Waals surface area contributed by atoms with Gasteiger partial charge in [-0.05, 0) is 26.7 Å². The van der Waals surface area contributed by atoms with Crippen molar-refractivity contribution in [1.29, 1.82) is 0 Å². The van der Waals surface area contributed by atoms with E-state index in [-0.39, 0.29) is 0 Å². The first-order chi connectivity index (χ1) is 8.13. The van der Waals surface area contributed by atoms with Gasteiger partial charge < -0.3 is 9.64 Å². The third kappa shape index (κ3) is 2.00. The third-order valence-electron chi connectivity index (χ3n) is 3.52. The Morgan fingerprint density at radius 3 is 2.47 bits per heavy atom. The molecule has 17 heavy (non-hydrogen) atoms. The van der Waals surface area contributed by atoms with Crippen LogP contribution in [-0.4, -0.2) is 35.3 Å². The molecule has 92 valence electrons. The molecule has 0 amide bonds. The largest absolute Gasteiger partial charge is 0.371 e. The molecule has 0 radical (unpaired) electrons. The topological polar surface area (TPSA) is 38.2 Å². The minimum absolute atomic E-state index is 0.363. The van der Waals surface area contributed by atoms with Crippen LogP contribution >= 0.6 is 11.6 Å². The number of anilines is 1. The van der Waals surface area contributed by atoms with Crippen LogP contribution in [0.4, 0.5) is 5.82 Å². The second-order valence-electron chi connectivity index (χ2n) is 4.87. The zero-order chi connectivity index (χ0) is 12.0. The van der Waals surface area contributed by atoms with Gasteiger partial charge in [-0.2, -0.15) is 0 Å². The van der Waals surface area contributed by atoms with E-state index >= 15 is 0 Å². The molecule has 2 atom stereocenters. The molecule has 2 aliphatic rings. The van der Waals surface area contributed by atoms with Crippen LogP contribution in [0.5, 0.6) is 0 Å². The minimum atomic E-state index is 0.363. The normalized spacial score (nSPS) is 27.6. The molecule has 3 rings (SSSR count). The van der Waals surface area contributed by atoms with E-state index < -0.39 is 0 Å². The Morgan fingerprint density at radius 1 is 1.18 bits per heavy atom. The molecule has 0 aliphatic carbocycles. The van der Waals surface area contributed by atoms with Gasteiger partial charge in [-0.3, -0.25) is 0 Å². The van der Waals surface area contributed by atoms with Gasteiger partial charge in [0.1, 0.15) is 16.8 Å². The van der Waals surface area contributed by atoms with Gasteiger partial charge in [0, 0.05) is 18.7 Å². The first kappa shape index (κ1) is 11.2. The molecule has 4 nitrogen and oxygen atoms in total. The number of ether oxygens (including phenoxy) is 1. The monoisotopic (exact) mass is 253 g/mol. The Kier molecular flexibility index (Phi) is 2.71. The van der Waals surface area contributed by atoms with Crippen molar-refractivity contribution in [3.05, 3.63) is 16.5 Å². The van der Waals surface area contributed by atoms with Gasteiger partial charge in [-0.15, -0.1) is 0 Å². The molecule has 2 bridgehead atoms. The number of hydrogen-bond donors (Lipinski definition) is 0. The maximum atomic E-state index is 6.12. The summed E-state index contributed by atoms with van der Waals surface area (Å²) in [6.45, 7) is 5.70. The Labute approximate surface area is 106 Å². The maximum absolute atomic E-state index is 6.12. The Bertz CT molecular complexity index is 440. The summed E-state index contributed by atoms with van der Waals surface area (Å²) < 4.78 is 5.83. The van der Waals surface area contributed by atoms with Crippen LogP contribution in [-0.2, 0) is 4.74 Å². The van der Waals surface area contributed by atoms with Crippen molar-refractivity contribution < 1.29 is 4.74 Å². The molecule has 1 aromatic rings. The third-order valence-corrected chi connectivity index (χ3v) is 3.88. The highest BCUT2D eigenvalue weighted by atomic mass is 35.5. The zero-order valence-electron chi connectivity index (χ0n) is 10.1. The summed E-state index contributed by atoms with van der Waals surface area (Å²) in [5, 5.41) is 0.561. The fraction of sp³-hybridized carbons (Fsp3) is 0.667. The Hall–Kier alpha value is -0.870. The van der Waals surface area contributed by atoms with E-state index in [1.807, 2.05) is 13.8 Å². The number of fused-ring (bicyclic) bond motifs is 2. The smallest absolute Gasteiger partial charge is 0.137 e. The van der Waals surface area contributed by atoms with Gasteiger partial charge in [-0.25, -0.2) is 9.97 Å². The second-order valence-corrected chi connectivity index (χ2v) is 5.23. The molecule has 2 aliphatic heterocycles. The fourth-order valence-corrected chi connectivity index (χ4v) is 2.88. The van der Waals surface area contributed by atoms with Crippen LogP contribution in [0.3, 0.4) is 0 Å². The highest BCUT2D eigenvalue weighted by Crippen LogP contribution is 2.31. The summed E-state index contributed by atoms with van der Waals surface area (Å²) in [7, 11) is 0. The van der Waals surface area contributed by atoms with Crippen molar-refractivity contribution in [3.8, 4) is 0 Å². The SMILES string of the molecule is Cc1nc(Cl)c(C)c(N2CC3CCC(C2)O3)n1. The van der Waals surface area contributed by atoms with E-state index in [2.05, 4.69) is 14.9 Å². The highest BCUT2D eigenvalue weighted by Gasteiger charge is 2.34. The number of hydrogen-bond acceptors (Lipinski definition) is 4. The number of halogens is 1. The summed E-state index contributed by atoms with van der Waals surface area (Å²) in [4.78, 5) is 11.0. The number of rotatable bonds is 1.